The number of hydrogen-bond donors (Lipinski definition) is 2. The minimum atomic E-state index is -0.651. The van der Waals surface area contributed by atoms with Crippen LogP contribution in [0.25, 0.3) is 0 Å². The van der Waals surface area contributed by atoms with Gasteiger partial charge in [0.1, 0.15) is 5.78 Å². The summed E-state index contributed by atoms with van der Waals surface area (Å²) in [4.78, 5) is 21.4. The summed E-state index contributed by atoms with van der Waals surface area (Å²) >= 11 is 0. The van der Waals surface area contributed by atoms with Gasteiger partial charge in [-0.15, -0.1) is 0 Å². The lowest BCUT2D eigenvalue weighted by Gasteiger charge is -2.06. The molecular weight excluding hydrogens is 144 g/mol. The van der Waals surface area contributed by atoms with Gasteiger partial charge in [-0.3, -0.25) is 9.59 Å². The average molecular weight is 158 g/mol. The van der Waals surface area contributed by atoms with Crippen LogP contribution in [0.1, 0.15) is 20.3 Å². The van der Waals surface area contributed by atoms with Crippen LogP contribution in [-0.4, -0.2) is 24.3 Å². The van der Waals surface area contributed by atoms with Gasteiger partial charge in [-0.2, -0.15) is 0 Å². The zero-order chi connectivity index (χ0) is 8.85. The van der Waals surface area contributed by atoms with E-state index in [1.807, 2.05) is 6.92 Å². The number of carbonyl (C=O) groups excluding carboxylic acids is 2. The first-order valence-corrected chi connectivity index (χ1v) is 3.60. The highest BCUT2D eigenvalue weighted by Crippen LogP contribution is 1.88. The number of Topliss-reactive ketones (excluding diaryl/α,β-unsaturated/α-hetero) is 1. The van der Waals surface area contributed by atoms with Gasteiger partial charge >= 0.3 is 0 Å². The second-order valence-corrected chi connectivity index (χ2v) is 2.37. The predicted molar refractivity (Wildman–Crippen MR) is 42.0 cm³/mol. The predicted octanol–water partition coefficient (Wildman–Crippen LogP) is -0.571. The summed E-state index contributed by atoms with van der Waals surface area (Å²) in [5.41, 5.74) is 5.34. The van der Waals surface area contributed by atoms with Gasteiger partial charge in [-0.05, 0) is 13.8 Å². The molecule has 0 radical (unpaired) electrons. The summed E-state index contributed by atoms with van der Waals surface area (Å²) < 4.78 is 0. The minimum Gasteiger partial charge on any atom is -0.356 e. The quantitative estimate of drug-likeness (QED) is 0.575. The van der Waals surface area contributed by atoms with Gasteiger partial charge in [0.2, 0.25) is 5.91 Å². The second kappa shape index (κ2) is 4.85. The number of amides is 1. The van der Waals surface area contributed by atoms with Crippen molar-refractivity contribution < 1.29 is 9.59 Å². The highest BCUT2D eigenvalue weighted by molar-refractivity contribution is 5.87. The topological polar surface area (TPSA) is 72.2 Å². The van der Waals surface area contributed by atoms with Crippen molar-refractivity contribution in [2.75, 3.05) is 6.54 Å². The van der Waals surface area contributed by atoms with E-state index in [4.69, 9.17) is 5.73 Å². The van der Waals surface area contributed by atoms with E-state index in [1.165, 1.54) is 6.92 Å². The van der Waals surface area contributed by atoms with Crippen LogP contribution in [0.15, 0.2) is 0 Å². The minimum absolute atomic E-state index is 0.0865. The Kier molecular flexibility index (Phi) is 4.45. The number of ketones is 1. The van der Waals surface area contributed by atoms with Crippen LogP contribution in [0, 0.1) is 0 Å². The van der Waals surface area contributed by atoms with Crippen LogP contribution in [0.2, 0.25) is 0 Å². The molecule has 0 heterocycles. The molecule has 0 aromatic rings. The van der Waals surface area contributed by atoms with E-state index in [2.05, 4.69) is 5.32 Å². The molecule has 0 saturated carbocycles. The standard InChI is InChI=1S/C7H14N2O2/c1-3-9-7(11)4-6(8)5(2)10/h6H,3-4,8H2,1-2H3,(H,9,11). The highest BCUT2D eigenvalue weighted by atomic mass is 16.2. The van der Waals surface area contributed by atoms with E-state index in [9.17, 15) is 9.59 Å². The summed E-state index contributed by atoms with van der Waals surface area (Å²) in [6, 6.07) is -0.651. The number of hydrogen-bond acceptors (Lipinski definition) is 3. The van der Waals surface area contributed by atoms with Gasteiger partial charge in [0, 0.05) is 13.0 Å². The molecule has 0 aliphatic rings. The molecule has 0 aromatic carbocycles. The van der Waals surface area contributed by atoms with Gasteiger partial charge in [-0.25, -0.2) is 0 Å². The van der Waals surface area contributed by atoms with Crippen LogP contribution >= 0.6 is 0 Å². The van der Waals surface area contributed by atoms with Crippen LogP contribution < -0.4 is 11.1 Å². The maximum atomic E-state index is 10.8. The molecule has 64 valence electrons. The average Bonchev–Trinajstić information content (AvgIpc) is 1.87. The summed E-state index contributed by atoms with van der Waals surface area (Å²) in [5, 5.41) is 2.56. The van der Waals surface area contributed by atoms with Crippen molar-refractivity contribution in [2.24, 2.45) is 5.73 Å². The fraction of sp³-hybridized carbons (Fsp3) is 0.714. The molecule has 1 amide bonds. The monoisotopic (exact) mass is 158 g/mol. The molecule has 0 aliphatic heterocycles. The summed E-state index contributed by atoms with van der Waals surface area (Å²) in [7, 11) is 0. The summed E-state index contributed by atoms with van der Waals surface area (Å²) in [6.45, 7) is 3.77. The van der Waals surface area contributed by atoms with E-state index in [0.29, 0.717) is 6.54 Å². The molecule has 1 unspecified atom stereocenters. The Morgan fingerprint density at radius 1 is 1.55 bits per heavy atom. The third-order valence-corrected chi connectivity index (χ3v) is 1.30. The smallest absolute Gasteiger partial charge is 0.222 e. The third kappa shape index (κ3) is 4.50. The first-order chi connectivity index (χ1) is 5.07. The first-order valence-electron chi connectivity index (χ1n) is 3.60. The molecule has 4 nitrogen and oxygen atoms in total. The lowest BCUT2D eigenvalue weighted by Crippen LogP contribution is -2.35. The van der Waals surface area contributed by atoms with Gasteiger partial charge in [0.15, 0.2) is 0 Å². The van der Waals surface area contributed by atoms with Gasteiger partial charge in [0.05, 0.1) is 6.04 Å². The van der Waals surface area contributed by atoms with Crippen molar-refractivity contribution in [1.29, 1.82) is 0 Å². The molecule has 0 rings (SSSR count). The number of nitrogens with one attached hydrogen (secondary N) is 1. The fourth-order valence-electron chi connectivity index (χ4n) is 0.613. The molecule has 0 aromatic heterocycles. The van der Waals surface area contributed by atoms with E-state index >= 15 is 0 Å². The van der Waals surface area contributed by atoms with Gasteiger partial charge in [0.25, 0.3) is 0 Å². The van der Waals surface area contributed by atoms with E-state index in [0.717, 1.165) is 0 Å². The molecule has 3 N–H and O–H groups in total. The Balaban J connectivity index is 3.66. The van der Waals surface area contributed by atoms with Crippen molar-refractivity contribution in [1.82, 2.24) is 5.32 Å². The molecule has 4 heteroatoms. The first kappa shape index (κ1) is 10.1. The fourth-order valence-corrected chi connectivity index (χ4v) is 0.613. The Morgan fingerprint density at radius 3 is 2.45 bits per heavy atom. The lowest BCUT2D eigenvalue weighted by molar-refractivity contribution is -0.125. The summed E-state index contributed by atoms with van der Waals surface area (Å²) in [5.74, 6) is -0.327. The van der Waals surface area contributed by atoms with Crippen LogP contribution in [0.4, 0.5) is 0 Å². The Labute approximate surface area is 66.1 Å². The molecule has 0 fully saturated rings. The third-order valence-electron chi connectivity index (χ3n) is 1.30. The molecule has 11 heavy (non-hydrogen) atoms. The highest BCUT2D eigenvalue weighted by Gasteiger charge is 2.11. The van der Waals surface area contributed by atoms with Crippen LogP contribution in [0.3, 0.4) is 0 Å². The zero-order valence-electron chi connectivity index (χ0n) is 6.89. The Morgan fingerprint density at radius 2 is 2.09 bits per heavy atom. The SMILES string of the molecule is CCNC(=O)CC(N)C(C)=O. The molecule has 0 bridgehead atoms. The molecule has 0 aliphatic carbocycles. The van der Waals surface area contributed by atoms with Crippen molar-refractivity contribution in [3.63, 3.8) is 0 Å². The number of nitrogens with two attached hydrogens (primary N) is 1. The van der Waals surface area contributed by atoms with Crippen molar-refractivity contribution >= 4 is 11.7 Å². The maximum Gasteiger partial charge on any atom is 0.222 e. The number of carbonyl (C=O) groups is 2. The van der Waals surface area contributed by atoms with E-state index in [-0.39, 0.29) is 18.1 Å². The van der Waals surface area contributed by atoms with Crippen molar-refractivity contribution in [3.8, 4) is 0 Å². The number of rotatable bonds is 4. The van der Waals surface area contributed by atoms with Crippen molar-refractivity contribution in [2.45, 2.75) is 26.3 Å². The molecule has 0 saturated heterocycles. The van der Waals surface area contributed by atoms with Crippen LogP contribution in [-0.2, 0) is 9.59 Å². The molecular formula is C7H14N2O2. The van der Waals surface area contributed by atoms with Crippen LogP contribution in [0.5, 0.6) is 0 Å². The molecule has 0 spiro atoms. The maximum absolute atomic E-state index is 10.8. The van der Waals surface area contributed by atoms with E-state index in [1.54, 1.807) is 0 Å². The summed E-state index contributed by atoms with van der Waals surface area (Å²) in [6.07, 6.45) is 0.0865. The largest absolute Gasteiger partial charge is 0.356 e. The Bertz CT molecular complexity index is 157. The van der Waals surface area contributed by atoms with Gasteiger partial charge < -0.3 is 11.1 Å². The normalized spacial score (nSPS) is 12.3. The lowest BCUT2D eigenvalue weighted by atomic mass is 10.1. The molecule has 1 atom stereocenters. The second-order valence-electron chi connectivity index (χ2n) is 2.37. The van der Waals surface area contributed by atoms with E-state index < -0.39 is 6.04 Å². The Hall–Kier alpha value is -0.900. The zero-order valence-corrected chi connectivity index (χ0v) is 6.89. The van der Waals surface area contributed by atoms with Gasteiger partial charge in [-0.1, -0.05) is 0 Å². The van der Waals surface area contributed by atoms with Crippen molar-refractivity contribution in [3.05, 3.63) is 0 Å².